The average Bonchev–Trinajstić information content (AvgIpc) is 3.00. The first kappa shape index (κ1) is 19.7. The number of nitrogens with zero attached hydrogens (tertiary/aromatic N) is 5. The van der Waals surface area contributed by atoms with Gasteiger partial charge in [0.15, 0.2) is 5.96 Å². The first-order valence-corrected chi connectivity index (χ1v) is 10.3. The van der Waals surface area contributed by atoms with E-state index in [1.807, 2.05) is 13.2 Å². The summed E-state index contributed by atoms with van der Waals surface area (Å²) in [6.07, 6.45) is 7.83. The van der Waals surface area contributed by atoms with Crippen molar-refractivity contribution < 1.29 is 0 Å². The summed E-state index contributed by atoms with van der Waals surface area (Å²) in [4.78, 5) is 13.5. The van der Waals surface area contributed by atoms with Crippen molar-refractivity contribution in [3.05, 3.63) is 46.3 Å². The molecular weight excluding hydrogens is 404 g/mol. The smallest absolute Gasteiger partial charge is 0.194 e. The van der Waals surface area contributed by atoms with Gasteiger partial charge >= 0.3 is 0 Å². The zero-order chi connectivity index (χ0) is 19.2. The molecule has 1 aliphatic rings. The van der Waals surface area contributed by atoms with Crippen LogP contribution in [0.3, 0.4) is 0 Å². The molecule has 0 spiro atoms. The Bertz CT molecular complexity index is 779. The maximum absolute atomic E-state index is 4.56. The highest BCUT2D eigenvalue weighted by Crippen LogP contribution is 2.18. The molecule has 7 heteroatoms. The molecule has 2 aromatic heterocycles. The SMILES string of the molecule is CN=C(NCc1ccnc(N2CCCCC2)c1)N(C)Cc1cc(Br)cn1C. The zero-order valence-electron chi connectivity index (χ0n) is 16.5. The summed E-state index contributed by atoms with van der Waals surface area (Å²) in [5.74, 6) is 1.97. The number of rotatable bonds is 5. The van der Waals surface area contributed by atoms with Crippen molar-refractivity contribution in [2.75, 3.05) is 32.1 Å². The number of anilines is 1. The molecule has 1 N–H and O–H groups in total. The molecule has 1 fully saturated rings. The Morgan fingerprint density at radius 1 is 1.30 bits per heavy atom. The highest BCUT2D eigenvalue weighted by molar-refractivity contribution is 9.10. The van der Waals surface area contributed by atoms with Gasteiger partial charge in [-0.2, -0.15) is 0 Å². The van der Waals surface area contributed by atoms with E-state index < -0.39 is 0 Å². The van der Waals surface area contributed by atoms with Crippen LogP contribution < -0.4 is 10.2 Å². The fourth-order valence-electron chi connectivity index (χ4n) is 3.47. The number of nitrogens with one attached hydrogen (secondary N) is 1. The topological polar surface area (TPSA) is 48.7 Å². The van der Waals surface area contributed by atoms with Crippen LogP contribution in [0.15, 0.2) is 40.1 Å². The lowest BCUT2D eigenvalue weighted by atomic mass is 10.1. The molecule has 6 nitrogen and oxygen atoms in total. The Kier molecular flexibility index (Phi) is 6.77. The van der Waals surface area contributed by atoms with Gasteiger partial charge in [-0.3, -0.25) is 4.99 Å². The summed E-state index contributed by atoms with van der Waals surface area (Å²) in [6.45, 7) is 3.75. The monoisotopic (exact) mass is 432 g/mol. The van der Waals surface area contributed by atoms with Crippen LogP contribution in [0.2, 0.25) is 0 Å². The number of pyridine rings is 1. The lowest BCUT2D eigenvalue weighted by molar-refractivity contribution is 0.461. The number of piperidine rings is 1. The first-order valence-electron chi connectivity index (χ1n) is 9.49. The number of hydrogen-bond acceptors (Lipinski definition) is 3. The Balaban J connectivity index is 1.59. The Hall–Kier alpha value is -2.02. The summed E-state index contributed by atoms with van der Waals surface area (Å²) in [7, 11) is 5.94. The van der Waals surface area contributed by atoms with Crippen molar-refractivity contribution in [1.29, 1.82) is 0 Å². The second-order valence-corrected chi connectivity index (χ2v) is 8.00. The molecule has 3 rings (SSSR count). The summed E-state index contributed by atoms with van der Waals surface area (Å²) < 4.78 is 3.22. The van der Waals surface area contributed by atoms with Crippen LogP contribution in [-0.4, -0.2) is 47.6 Å². The normalized spacial score (nSPS) is 15.1. The maximum atomic E-state index is 4.56. The van der Waals surface area contributed by atoms with Crippen LogP contribution >= 0.6 is 15.9 Å². The number of aliphatic imine (C=N–C) groups is 1. The molecule has 0 atom stereocenters. The van der Waals surface area contributed by atoms with Crippen molar-refractivity contribution in [1.82, 2.24) is 19.8 Å². The van der Waals surface area contributed by atoms with E-state index in [0.717, 1.165) is 42.4 Å². The van der Waals surface area contributed by atoms with E-state index in [9.17, 15) is 0 Å². The molecule has 0 unspecified atom stereocenters. The summed E-state index contributed by atoms with van der Waals surface area (Å²) in [6, 6.07) is 6.40. The Morgan fingerprint density at radius 3 is 2.74 bits per heavy atom. The van der Waals surface area contributed by atoms with Gasteiger partial charge in [-0.05, 0) is 59.0 Å². The Labute approximate surface area is 170 Å². The minimum absolute atomic E-state index is 0.733. The van der Waals surface area contributed by atoms with Gasteiger partial charge in [-0.25, -0.2) is 4.98 Å². The molecule has 0 aliphatic carbocycles. The second-order valence-electron chi connectivity index (χ2n) is 7.09. The van der Waals surface area contributed by atoms with E-state index in [0.29, 0.717) is 0 Å². The van der Waals surface area contributed by atoms with Gasteiger partial charge in [0.2, 0.25) is 0 Å². The number of guanidine groups is 1. The van der Waals surface area contributed by atoms with Gasteiger partial charge < -0.3 is 19.7 Å². The average molecular weight is 433 g/mol. The largest absolute Gasteiger partial charge is 0.357 e. The third kappa shape index (κ3) is 5.25. The van der Waals surface area contributed by atoms with Crippen molar-refractivity contribution in [3.8, 4) is 0 Å². The van der Waals surface area contributed by atoms with Crippen molar-refractivity contribution >= 4 is 27.7 Å². The third-order valence-corrected chi connectivity index (χ3v) is 5.42. The predicted octanol–water partition coefficient (Wildman–Crippen LogP) is 3.38. The highest BCUT2D eigenvalue weighted by Gasteiger charge is 2.13. The molecule has 0 bridgehead atoms. The number of hydrogen-bond donors (Lipinski definition) is 1. The van der Waals surface area contributed by atoms with Crippen LogP contribution in [0, 0.1) is 0 Å². The van der Waals surface area contributed by atoms with Gasteiger partial charge in [-0.1, -0.05) is 0 Å². The lowest BCUT2D eigenvalue weighted by Gasteiger charge is -2.28. The Morgan fingerprint density at radius 2 is 2.07 bits per heavy atom. The van der Waals surface area contributed by atoms with Gasteiger partial charge in [0.1, 0.15) is 5.82 Å². The van der Waals surface area contributed by atoms with Crippen molar-refractivity contribution in [3.63, 3.8) is 0 Å². The zero-order valence-corrected chi connectivity index (χ0v) is 18.0. The molecule has 0 radical (unpaired) electrons. The van der Waals surface area contributed by atoms with Crippen LogP contribution in [-0.2, 0) is 20.1 Å². The standard InChI is InChI=1S/C20H29BrN6/c1-22-20(26(3)15-18-12-17(21)14-25(18)2)24-13-16-7-8-23-19(11-16)27-9-5-4-6-10-27/h7-8,11-12,14H,4-6,9-10,13,15H2,1-3H3,(H,22,24). The van der Waals surface area contributed by atoms with Gasteiger partial charge in [0.05, 0.1) is 6.54 Å². The molecule has 0 saturated carbocycles. The van der Waals surface area contributed by atoms with E-state index in [4.69, 9.17) is 0 Å². The highest BCUT2D eigenvalue weighted by atomic mass is 79.9. The summed E-state index contributed by atoms with van der Waals surface area (Å²) in [5.41, 5.74) is 2.45. The molecule has 146 valence electrons. The summed E-state index contributed by atoms with van der Waals surface area (Å²) >= 11 is 3.53. The molecule has 3 heterocycles. The van der Waals surface area contributed by atoms with E-state index in [2.05, 4.69) is 84.1 Å². The van der Waals surface area contributed by atoms with E-state index >= 15 is 0 Å². The minimum atomic E-state index is 0.733. The van der Waals surface area contributed by atoms with Crippen LogP contribution in [0.25, 0.3) is 0 Å². The molecular formula is C20H29BrN6. The molecule has 2 aromatic rings. The molecule has 0 aromatic carbocycles. The van der Waals surface area contributed by atoms with Crippen LogP contribution in [0.1, 0.15) is 30.5 Å². The van der Waals surface area contributed by atoms with Crippen molar-refractivity contribution in [2.24, 2.45) is 12.0 Å². The van der Waals surface area contributed by atoms with Gasteiger partial charge in [0.25, 0.3) is 0 Å². The van der Waals surface area contributed by atoms with E-state index in [1.165, 1.54) is 30.5 Å². The van der Waals surface area contributed by atoms with Gasteiger partial charge in [0, 0.05) is 63.3 Å². The fourth-order valence-corrected chi connectivity index (χ4v) is 4.04. The van der Waals surface area contributed by atoms with Gasteiger partial charge in [-0.15, -0.1) is 0 Å². The number of halogens is 1. The minimum Gasteiger partial charge on any atom is -0.357 e. The fraction of sp³-hybridized carbons (Fsp3) is 0.500. The van der Waals surface area contributed by atoms with Crippen LogP contribution in [0.5, 0.6) is 0 Å². The van der Waals surface area contributed by atoms with Crippen LogP contribution in [0.4, 0.5) is 5.82 Å². The molecule has 0 amide bonds. The third-order valence-electron chi connectivity index (χ3n) is 4.99. The predicted molar refractivity (Wildman–Crippen MR) is 115 cm³/mol. The lowest BCUT2D eigenvalue weighted by Crippen LogP contribution is -2.38. The summed E-state index contributed by atoms with van der Waals surface area (Å²) in [5, 5.41) is 3.47. The quantitative estimate of drug-likeness (QED) is 0.580. The second kappa shape index (κ2) is 9.26. The van der Waals surface area contributed by atoms with Crippen molar-refractivity contribution in [2.45, 2.75) is 32.4 Å². The molecule has 1 saturated heterocycles. The number of aryl methyl sites for hydroxylation is 1. The maximum Gasteiger partial charge on any atom is 0.194 e. The molecule has 1 aliphatic heterocycles. The molecule has 27 heavy (non-hydrogen) atoms. The van der Waals surface area contributed by atoms with E-state index in [-0.39, 0.29) is 0 Å². The van der Waals surface area contributed by atoms with E-state index in [1.54, 1.807) is 0 Å². The first-order chi connectivity index (χ1) is 13.1. The number of aromatic nitrogens is 2.